The second-order valence-corrected chi connectivity index (χ2v) is 7.80. The minimum atomic E-state index is -0.364. The predicted octanol–water partition coefficient (Wildman–Crippen LogP) is 4.67. The number of fused-ring (bicyclic) bond motifs is 1. The van der Waals surface area contributed by atoms with Gasteiger partial charge in [-0.05, 0) is 54.1 Å². The molecule has 0 saturated heterocycles. The maximum Gasteiger partial charge on any atom is 0.262 e. The van der Waals surface area contributed by atoms with E-state index in [1.807, 2.05) is 0 Å². The number of nitrogens with one attached hydrogen (secondary N) is 2. The number of halogens is 1. The van der Waals surface area contributed by atoms with Crippen LogP contribution in [0.25, 0.3) is 22.6 Å². The van der Waals surface area contributed by atoms with Crippen molar-refractivity contribution in [2.75, 3.05) is 19.0 Å². The first-order valence-electron chi connectivity index (χ1n) is 10.4. The number of benzene rings is 3. The number of hydrogen-bond acceptors (Lipinski definition) is 6. The van der Waals surface area contributed by atoms with Gasteiger partial charge in [0.25, 0.3) is 11.5 Å². The van der Waals surface area contributed by atoms with Gasteiger partial charge >= 0.3 is 0 Å². The molecular weight excluding hydrogens is 468 g/mol. The van der Waals surface area contributed by atoms with Crippen molar-refractivity contribution in [3.8, 4) is 17.6 Å². The lowest BCUT2D eigenvalue weighted by molar-refractivity contribution is -0.118. The Morgan fingerprint density at radius 1 is 1.14 bits per heavy atom. The lowest BCUT2D eigenvalue weighted by Gasteiger charge is -2.12. The van der Waals surface area contributed by atoms with Crippen molar-refractivity contribution in [1.29, 1.82) is 5.26 Å². The molecule has 1 aromatic heterocycles. The van der Waals surface area contributed by atoms with Crippen LogP contribution in [-0.4, -0.2) is 29.6 Å². The van der Waals surface area contributed by atoms with Crippen LogP contribution in [0.15, 0.2) is 71.5 Å². The predicted molar refractivity (Wildman–Crippen MR) is 134 cm³/mol. The standard InChI is InChI=1S/C26H19ClN4O4/c1-34-23-12-16(9-10-22(23)35-15-24(32)29-19-6-4-5-18(27)13-19)11-17(14-28)25-30-21-8-3-2-7-20(21)26(33)31-25/h2-13H,15H2,1H3,(H,29,32)(H,30,31,33)/b17-11+. The largest absolute Gasteiger partial charge is 0.493 e. The van der Waals surface area contributed by atoms with Gasteiger partial charge in [-0.2, -0.15) is 5.26 Å². The third kappa shape index (κ3) is 5.66. The summed E-state index contributed by atoms with van der Waals surface area (Å²) in [6.45, 7) is -0.246. The average Bonchev–Trinajstić information content (AvgIpc) is 2.86. The molecule has 4 aromatic rings. The van der Waals surface area contributed by atoms with Gasteiger partial charge in [0, 0.05) is 10.7 Å². The molecule has 3 aromatic carbocycles. The number of methoxy groups -OCH3 is 1. The Morgan fingerprint density at radius 2 is 1.97 bits per heavy atom. The van der Waals surface area contributed by atoms with Crippen LogP contribution in [0.1, 0.15) is 11.4 Å². The molecule has 2 N–H and O–H groups in total. The molecule has 0 atom stereocenters. The number of para-hydroxylation sites is 1. The van der Waals surface area contributed by atoms with E-state index < -0.39 is 0 Å². The third-order valence-electron chi connectivity index (χ3n) is 4.95. The molecule has 0 unspecified atom stereocenters. The van der Waals surface area contributed by atoms with Crippen molar-refractivity contribution in [3.63, 3.8) is 0 Å². The lowest BCUT2D eigenvalue weighted by atomic mass is 10.1. The zero-order valence-electron chi connectivity index (χ0n) is 18.5. The molecule has 0 spiro atoms. The van der Waals surface area contributed by atoms with Crippen molar-refractivity contribution in [2.24, 2.45) is 0 Å². The Hall–Kier alpha value is -4.61. The Morgan fingerprint density at radius 3 is 2.74 bits per heavy atom. The van der Waals surface area contributed by atoms with Gasteiger partial charge in [-0.3, -0.25) is 9.59 Å². The van der Waals surface area contributed by atoms with Gasteiger partial charge in [-0.1, -0.05) is 35.9 Å². The molecule has 4 rings (SSSR count). The molecule has 1 amide bonds. The quantitative estimate of drug-likeness (QED) is 0.367. The average molecular weight is 487 g/mol. The molecular formula is C26H19ClN4O4. The van der Waals surface area contributed by atoms with Crippen LogP contribution in [0.3, 0.4) is 0 Å². The number of carbonyl (C=O) groups excluding carboxylic acids is 1. The van der Waals surface area contributed by atoms with Crippen LogP contribution in [0, 0.1) is 11.3 Å². The van der Waals surface area contributed by atoms with Gasteiger partial charge in [0.05, 0.1) is 23.6 Å². The molecule has 0 fully saturated rings. The van der Waals surface area contributed by atoms with Crippen LogP contribution < -0.4 is 20.3 Å². The molecule has 0 aliphatic rings. The molecule has 174 valence electrons. The van der Waals surface area contributed by atoms with E-state index in [9.17, 15) is 14.9 Å². The summed E-state index contributed by atoms with van der Waals surface area (Å²) in [7, 11) is 1.47. The molecule has 35 heavy (non-hydrogen) atoms. The van der Waals surface area contributed by atoms with Crippen molar-refractivity contribution in [1.82, 2.24) is 9.97 Å². The molecule has 9 heteroatoms. The zero-order chi connectivity index (χ0) is 24.8. The summed E-state index contributed by atoms with van der Waals surface area (Å²) in [5, 5.41) is 13.3. The molecule has 0 saturated carbocycles. The van der Waals surface area contributed by atoms with E-state index in [0.717, 1.165) is 0 Å². The zero-order valence-corrected chi connectivity index (χ0v) is 19.3. The summed E-state index contributed by atoms with van der Waals surface area (Å²) in [5.74, 6) is 0.512. The Balaban J connectivity index is 1.53. The summed E-state index contributed by atoms with van der Waals surface area (Å²) in [5.41, 5.74) is 1.51. The number of aromatic amines is 1. The highest BCUT2D eigenvalue weighted by Crippen LogP contribution is 2.29. The van der Waals surface area contributed by atoms with E-state index in [-0.39, 0.29) is 29.5 Å². The highest BCUT2D eigenvalue weighted by molar-refractivity contribution is 6.30. The molecule has 1 heterocycles. The van der Waals surface area contributed by atoms with Gasteiger partial charge in [0.1, 0.15) is 6.07 Å². The number of aromatic nitrogens is 2. The van der Waals surface area contributed by atoms with Gasteiger partial charge in [0.2, 0.25) is 0 Å². The van der Waals surface area contributed by atoms with Crippen LogP contribution in [0.2, 0.25) is 5.02 Å². The first-order chi connectivity index (χ1) is 17.0. The first-order valence-corrected chi connectivity index (χ1v) is 10.8. The van der Waals surface area contributed by atoms with E-state index in [1.165, 1.54) is 7.11 Å². The topological polar surface area (TPSA) is 117 Å². The second-order valence-electron chi connectivity index (χ2n) is 7.36. The fourth-order valence-corrected chi connectivity index (χ4v) is 3.52. The van der Waals surface area contributed by atoms with Crippen molar-refractivity contribution in [3.05, 3.63) is 93.5 Å². The smallest absolute Gasteiger partial charge is 0.262 e. The van der Waals surface area contributed by atoms with Gasteiger partial charge in [-0.25, -0.2) is 4.98 Å². The van der Waals surface area contributed by atoms with E-state index in [0.29, 0.717) is 38.7 Å². The van der Waals surface area contributed by atoms with Gasteiger partial charge in [-0.15, -0.1) is 0 Å². The van der Waals surface area contributed by atoms with Crippen LogP contribution in [-0.2, 0) is 4.79 Å². The number of nitrogens with zero attached hydrogens (tertiary/aromatic N) is 2. The number of allylic oxidation sites excluding steroid dienone is 1. The second kappa shape index (κ2) is 10.5. The molecule has 0 radical (unpaired) electrons. The molecule has 8 nitrogen and oxygen atoms in total. The summed E-state index contributed by atoms with van der Waals surface area (Å²) in [4.78, 5) is 31.6. The highest BCUT2D eigenvalue weighted by atomic mass is 35.5. The number of H-pyrrole nitrogens is 1. The number of amides is 1. The van der Waals surface area contributed by atoms with E-state index in [2.05, 4.69) is 21.4 Å². The number of nitriles is 1. The fraction of sp³-hybridized carbons (Fsp3) is 0.0769. The SMILES string of the molecule is COc1cc(/C=C(\C#N)c2nc3ccccc3c(=O)[nH]2)ccc1OCC(=O)Nc1cccc(Cl)c1. The van der Waals surface area contributed by atoms with Gasteiger partial charge < -0.3 is 19.8 Å². The summed E-state index contributed by atoms with van der Waals surface area (Å²) >= 11 is 5.93. The van der Waals surface area contributed by atoms with Gasteiger partial charge in [0.15, 0.2) is 23.9 Å². The fourth-order valence-electron chi connectivity index (χ4n) is 3.33. The maximum atomic E-state index is 12.4. The lowest BCUT2D eigenvalue weighted by Crippen LogP contribution is -2.20. The minimum Gasteiger partial charge on any atom is -0.493 e. The molecule has 0 aliphatic heterocycles. The summed E-state index contributed by atoms with van der Waals surface area (Å²) in [6, 6.07) is 20.7. The van der Waals surface area contributed by atoms with Crippen LogP contribution >= 0.6 is 11.6 Å². The van der Waals surface area contributed by atoms with Crippen molar-refractivity contribution in [2.45, 2.75) is 0 Å². The number of anilines is 1. The minimum absolute atomic E-state index is 0.160. The van der Waals surface area contributed by atoms with Crippen LogP contribution in [0.5, 0.6) is 11.5 Å². The van der Waals surface area contributed by atoms with Crippen LogP contribution in [0.4, 0.5) is 5.69 Å². The Kier molecular flexibility index (Phi) is 7.10. The number of hydrogen-bond donors (Lipinski definition) is 2. The van der Waals surface area contributed by atoms with Crippen molar-refractivity contribution < 1.29 is 14.3 Å². The van der Waals surface area contributed by atoms with E-state index >= 15 is 0 Å². The third-order valence-corrected chi connectivity index (χ3v) is 5.19. The van der Waals surface area contributed by atoms with E-state index in [4.69, 9.17) is 21.1 Å². The number of rotatable bonds is 7. The molecule has 0 aliphatic carbocycles. The summed E-state index contributed by atoms with van der Waals surface area (Å²) in [6.07, 6.45) is 1.57. The highest BCUT2D eigenvalue weighted by Gasteiger charge is 2.11. The van der Waals surface area contributed by atoms with Crippen molar-refractivity contribution >= 4 is 45.7 Å². The number of carbonyl (C=O) groups is 1. The molecule has 0 bridgehead atoms. The maximum absolute atomic E-state index is 12.4. The Bertz CT molecular complexity index is 1540. The number of ether oxygens (including phenoxy) is 2. The summed E-state index contributed by atoms with van der Waals surface area (Å²) < 4.78 is 11.0. The first kappa shape index (κ1) is 23.5. The monoisotopic (exact) mass is 486 g/mol. The van der Waals surface area contributed by atoms with E-state index in [1.54, 1.807) is 72.8 Å². The normalized spacial score (nSPS) is 11.1. The Labute approximate surface area is 205 Å².